The normalized spacial score (nSPS) is 12.4. The van der Waals surface area contributed by atoms with Gasteiger partial charge in [0.25, 0.3) is 5.56 Å². The van der Waals surface area contributed by atoms with Gasteiger partial charge in [0.15, 0.2) is 5.65 Å². The lowest BCUT2D eigenvalue weighted by atomic mass is 10.1. The molecule has 0 saturated carbocycles. The van der Waals surface area contributed by atoms with Crippen LogP contribution in [0.1, 0.15) is 18.7 Å². The molecular weight excluding hydrogens is 417 g/mol. The van der Waals surface area contributed by atoms with Crippen LogP contribution in [0.2, 0.25) is 5.02 Å². The molecule has 3 heterocycles. The second kappa shape index (κ2) is 7.52. The van der Waals surface area contributed by atoms with Crippen molar-refractivity contribution < 1.29 is 4.39 Å². The fraction of sp³-hybridized carbons (Fsp3) is 0.0870. The number of aromatic nitrogens is 4. The Hall–Kier alpha value is -3.71. The number of nitrogens with one attached hydrogen (secondary N) is 1. The van der Waals surface area contributed by atoms with Crippen LogP contribution in [0.4, 0.5) is 10.1 Å². The molecule has 5 rings (SSSR count). The SMILES string of the molecule is CC(Nc1ccnn2ccnc12)c1cc2cccc(Cl)c2c(=O)n1-c1cccc(F)c1. The summed E-state index contributed by atoms with van der Waals surface area (Å²) in [6.07, 6.45) is 5.09. The molecule has 0 aliphatic heterocycles. The van der Waals surface area contributed by atoms with Gasteiger partial charge in [-0.25, -0.2) is 13.9 Å². The molecule has 6 nitrogen and oxygen atoms in total. The molecular formula is C23H17ClFN5O. The molecule has 0 spiro atoms. The molecule has 3 aromatic heterocycles. The van der Waals surface area contributed by atoms with E-state index in [0.29, 0.717) is 27.4 Å². The number of fused-ring (bicyclic) bond motifs is 2. The van der Waals surface area contributed by atoms with Gasteiger partial charge in [-0.15, -0.1) is 0 Å². The molecule has 0 fully saturated rings. The third-order valence-electron chi connectivity index (χ3n) is 5.20. The first-order valence-corrected chi connectivity index (χ1v) is 10.1. The number of benzene rings is 2. The van der Waals surface area contributed by atoms with Crippen LogP contribution in [0.3, 0.4) is 0 Å². The Bertz CT molecular complexity index is 1490. The Labute approximate surface area is 181 Å². The van der Waals surface area contributed by atoms with Crippen molar-refractivity contribution in [3.05, 3.63) is 100 Å². The second-order valence-electron chi connectivity index (χ2n) is 7.20. The monoisotopic (exact) mass is 433 g/mol. The number of pyridine rings is 1. The third-order valence-corrected chi connectivity index (χ3v) is 5.52. The standard InChI is InChI=1S/C23H17ClFN5O/c1-14(28-19-8-9-27-29-11-10-26-22(19)29)20-12-15-4-2-7-18(24)21(15)23(31)30(20)17-6-3-5-16(25)13-17/h2-14,28H,1H3. The van der Waals surface area contributed by atoms with E-state index in [1.807, 2.05) is 25.1 Å². The van der Waals surface area contributed by atoms with Gasteiger partial charge < -0.3 is 5.32 Å². The third kappa shape index (κ3) is 3.33. The zero-order valence-electron chi connectivity index (χ0n) is 16.5. The average molecular weight is 434 g/mol. The van der Waals surface area contributed by atoms with E-state index < -0.39 is 5.82 Å². The van der Waals surface area contributed by atoms with E-state index in [2.05, 4.69) is 15.4 Å². The molecule has 0 saturated heterocycles. The zero-order chi connectivity index (χ0) is 21.5. The minimum absolute atomic E-state index is 0.307. The van der Waals surface area contributed by atoms with Crippen LogP contribution in [-0.2, 0) is 0 Å². The number of imidazole rings is 1. The van der Waals surface area contributed by atoms with Crippen LogP contribution in [0, 0.1) is 5.82 Å². The maximum atomic E-state index is 14.0. The molecule has 1 atom stereocenters. The first-order chi connectivity index (χ1) is 15.0. The zero-order valence-corrected chi connectivity index (χ0v) is 17.2. The number of hydrogen-bond donors (Lipinski definition) is 1. The van der Waals surface area contributed by atoms with Crippen molar-refractivity contribution in [2.24, 2.45) is 0 Å². The number of anilines is 1. The Morgan fingerprint density at radius 2 is 1.94 bits per heavy atom. The van der Waals surface area contributed by atoms with Crippen LogP contribution in [-0.4, -0.2) is 19.2 Å². The van der Waals surface area contributed by atoms with Gasteiger partial charge in [-0.2, -0.15) is 5.10 Å². The topological polar surface area (TPSA) is 64.2 Å². The predicted octanol–water partition coefficient (Wildman–Crippen LogP) is 5.00. The molecule has 0 aliphatic rings. The van der Waals surface area contributed by atoms with Gasteiger partial charge in [0, 0.05) is 18.1 Å². The van der Waals surface area contributed by atoms with Crippen molar-refractivity contribution >= 4 is 33.7 Å². The van der Waals surface area contributed by atoms with Gasteiger partial charge in [-0.3, -0.25) is 9.36 Å². The lowest BCUT2D eigenvalue weighted by Crippen LogP contribution is -2.26. The van der Waals surface area contributed by atoms with Gasteiger partial charge in [-0.05, 0) is 48.7 Å². The van der Waals surface area contributed by atoms with Crippen molar-refractivity contribution in [3.8, 4) is 5.69 Å². The largest absolute Gasteiger partial charge is 0.374 e. The summed E-state index contributed by atoms with van der Waals surface area (Å²) >= 11 is 6.35. The molecule has 0 bridgehead atoms. The van der Waals surface area contributed by atoms with Crippen LogP contribution in [0.5, 0.6) is 0 Å². The first kappa shape index (κ1) is 19.3. The van der Waals surface area contributed by atoms with Crippen molar-refractivity contribution in [1.82, 2.24) is 19.2 Å². The summed E-state index contributed by atoms with van der Waals surface area (Å²) in [6.45, 7) is 1.93. The Morgan fingerprint density at radius 3 is 2.77 bits per heavy atom. The summed E-state index contributed by atoms with van der Waals surface area (Å²) in [7, 11) is 0. The summed E-state index contributed by atoms with van der Waals surface area (Å²) in [5, 5.41) is 9.10. The van der Waals surface area contributed by atoms with Crippen LogP contribution in [0.15, 0.2) is 78.0 Å². The summed E-state index contributed by atoms with van der Waals surface area (Å²) in [5.41, 5.74) is 2.20. The van der Waals surface area contributed by atoms with E-state index in [1.54, 1.807) is 47.4 Å². The summed E-state index contributed by atoms with van der Waals surface area (Å²) < 4.78 is 17.2. The van der Waals surface area contributed by atoms with E-state index in [1.165, 1.54) is 16.7 Å². The van der Waals surface area contributed by atoms with E-state index >= 15 is 0 Å². The number of halogens is 2. The average Bonchev–Trinajstić information content (AvgIpc) is 3.23. The van der Waals surface area contributed by atoms with E-state index in [0.717, 1.165) is 11.1 Å². The molecule has 31 heavy (non-hydrogen) atoms. The van der Waals surface area contributed by atoms with E-state index in [4.69, 9.17) is 11.6 Å². The van der Waals surface area contributed by atoms with Gasteiger partial charge >= 0.3 is 0 Å². The lowest BCUT2D eigenvalue weighted by Gasteiger charge is -2.22. The first-order valence-electron chi connectivity index (χ1n) is 9.68. The molecule has 0 aliphatic carbocycles. The lowest BCUT2D eigenvalue weighted by molar-refractivity contribution is 0.625. The van der Waals surface area contributed by atoms with Crippen molar-refractivity contribution in [1.29, 1.82) is 0 Å². The van der Waals surface area contributed by atoms with E-state index in [-0.39, 0.29) is 11.6 Å². The molecule has 1 unspecified atom stereocenters. The number of hydrogen-bond acceptors (Lipinski definition) is 4. The highest BCUT2D eigenvalue weighted by molar-refractivity contribution is 6.35. The Balaban J connectivity index is 1.72. The fourth-order valence-electron chi connectivity index (χ4n) is 3.80. The van der Waals surface area contributed by atoms with E-state index in [9.17, 15) is 9.18 Å². The molecule has 2 aromatic carbocycles. The number of nitrogens with zero attached hydrogens (tertiary/aromatic N) is 4. The Kier molecular flexibility index (Phi) is 4.67. The van der Waals surface area contributed by atoms with Crippen LogP contribution in [0.25, 0.3) is 22.1 Å². The molecule has 1 N–H and O–H groups in total. The highest BCUT2D eigenvalue weighted by Crippen LogP contribution is 2.28. The van der Waals surface area contributed by atoms with Gasteiger partial charge in [0.05, 0.1) is 34.0 Å². The van der Waals surface area contributed by atoms with Crippen LogP contribution >= 0.6 is 11.6 Å². The van der Waals surface area contributed by atoms with Gasteiger partial charge in [-0.1, -0.05) is 29.8 Å². The summed E-state index contributed by atoms with van der Waals surface area (Å²) in [4.78, 5) is 17.9. The minimum Gasteiger partial charge on any atom is -0.374 e. The Morgan fingerprint density at radius 1 is 1.10 bits per heavy atom. The van der Waals surface area contributed by atoms with Crippen LogP contribution < -0.4 is 10.9 Å². The molecule has 0 radical (unpaired) electrons. The number of rotatable bonds is 4. The minimum atomic E-state index is -0.427. The highest BCUT2D eigenvalue weighted by atomic mass is 35.5. The maximum absolute atomic E-state index is 14.0. The highest BCUT2D eigenvalue weighted by Gasteiger charge is 2.19. The molecule has 0 amide bonds. The quantitative estimate of drug-likeness (QED) is 0.433. The molecule has 5 aromatic rings. The molecule has 8 heteroatoms. The predicted molar refractivity (Wildman–Crippen MR) is 120 cm³/mol. The fourth-order valence-corrected chi connectivity index (χ4v) is 4.06. The smallest absolute Gasteiger partial charge is 0.264 e. The summed E-state index contributed by atoms with van der Waals surface area (Å²) in [6, 6.07) is 14.7. The maximum Gasteiger partial charge on any atom is 0.264 e. The van der Waals surface area contributed by atoms with Gasteiger partial charge in [0.1, 0.15) is 5.82 Å². The van der Waals surface area contributed by atoms with Gasteiger partial charge in [0.2, 0.25) is 0 Å². The van der Waals surface area contributed by atoms with Crippen molar-refractivity contribution in [2.45, 2.75) is 13.0 Å². The van der Waals surface area contributed by atoms with Crippen molar-refractivity contribution in [2.75, 3.05) is 5.32 Å². The second-order valence-corrected chi connectivity index (χ2v) is 7.61. The van der Waals surface area contributed by atoms with Crippen molar-refractivity contribution in [3.63, 3.8) is 0 Å². The molecule has 154 valence electrons. The summed E-state index contributed by atoms with van der Waals surface area (Å²) in [5.74, 6) is -0.427.